The third-order valence-electron chi connectivity index (χ3n) is 3.96. The normalized spacial score (nSPS) is 11.6. The zero-order valence-electron chi connectivity index (χ0n) is 13.9. The van der Waals surface area contributed by atoms with E-state index >= 15 is 0 Å². The van der Waals surface area contributed by atoms with Crippen LogP contribution in [-0.4, -0.2) is 18.0 Å². The van der Waals surface area contributed by atoms with E-state index in [2.05, 4.69) is 9.71 Å². The molecule has 1 heterocycles. The largest absolute Gasteiger partial charge is 0.304 e. The Morgan fingerprint density at radius 3 is 2.60 bits per heavy atom. The maximum atomic E-state index is 13.2. The Balaban J connectivity index is 1.88. The molecule has 0 fully saturated rings. The number of nitrogens with one attached hydrogen (secondary N) is 1. The van der Waals surface area contributed by atoms with E-state index in [1.54, 1.807) is 13.1 Å². The van der Waals surface area contributed by atoms with Gasteiger partial charge in [0.15, 0.2) is 0 Å². The van der Waals surface area contributed by atoms with Crippen molar-refractivity contribution in [2.45, 2.75) is 25.3 Å². The number of rotatable bonds is 5. The molecule has 2 aromatic carbocycles. The van der Waals surface area contributed by atoms with Crippen molar-refractivity contribution in [3.8, 4) is 5.69 Å². The van der Waals surface area contributed by atoms with Crippen LogP contribution in [0.1, 0.15) is 17.0 Å². The second-order valence-electron chi connectivity index (χ2n) is 5.71. The smallest absolute Gasteiger partial charge is 0.241 e. The predicted octanol–water partition coefficient (Wildman–Crippen LogP) is 3.11. The van der Waals surface area contributed by atoms with Crippen molar-refractivity contribution in [2.24, 2.45) is 0 Å². The van der Waals surface area contributed by atoms with Gasteiger partial charge >= 0.3 is 0 Å². The van der Waals surface area contributed by atoms with Crippen molar-refractivity contribution in [1.82, 2.24) is 14.3 Å². The van der Waals surface area contributed by atoms with E-state index in [4.69, 9.17) is 0 Å². The molecule has 0 aliphatic rings. The first kappa shape index (κ1) is 17.3. The standard InChI is InChI=1S/C18H18FN3O2S/c1-13-11-16(19)7-8-18(13)25(23,24)21-12-15-5-3-4-6-17(15)22-10-9-20-14(22)2/h3-11,21H,12H2,1-2H3. The minimum atomic E-state index is -3.74. The Morgan fingerprint density at radius 2 is 1.92 bits per heavy atom. The molecule has 0 bridgehead atoms. The first-order chi connectivity index (χ1) is 11.9. The number of benzene rings is 2. The summed E-state index contributed by atoms with van der Waals surface area (Å²) in [6, 6.07) is 11.1. The highest BCUT2D eigenvalue weighted by Crippen LogP contribution is 2.19. The summed E-state index contributed by atoms with van der Waals surface area (Å²) >= 11 is 0. The topological polar surface area (TPSA) is 64.0 Å². The molecule has 25 heavy (non-hydrogen) atoms. The van der Waals surface area contributed by atoms with E-state index in [9.17, 15) is 12.8 Å². The summed E-state index contributed by atoms with van der Waals surface area (Å²) in [6.45, 7) is 3.57. The van der Waals surface area contributed by atoms with Gasteiger partial charge in [-0.25, -0.2) is 22.5 Å². The van der Waals surface area contributed by atoms with E-state index in [1.165, 1.54) is 12.1 Å². The van der Waals surface area contributed by atoms with E-state index in [0.717, 1.165) is 23.1 Å². The Morgan fingerprint density at radius 1 is 1.16 bits per heavy atom. The van der Waals surface area contributed by atoms with Crippen LogP contribution >= 0.6 is 0 Å². The van der Waals surface area contributed by atoms with Crippen LogP contribution in [0.25, 0.3) is 5.69 Å². The van der Waals surface area contributed by atoms with Gasteiger partial charge in [0.25, 0.3) is 0 Å². The van der Waals surface area contributed by atoms with Crippen molar-refractivity contribution in [3.63, 3.8) is 0 Å². The number of halogens is 1. The lowest BCUT2D eigenvalue weighted by Crippen LogP contribution is -2.24. The van der Waals surface area contributed by atoms with Gasteiger partial charge in [-0.3, -0.25) is 0 Å². The van der Waals surface area contributed by atoms with Gasteiger partial charge in [0.1, 0.15) is 11.6 Å². The third-order valence-corrected chi connectivity index (χ3v) is 5.52. The summed E-state index contributed by atoms with van der Waals surface area (Å²) in [5.74, 6) is 0.349. The third kappa shape index (κ3) is 3.62. The molecule has 5 nitrogen and oxygen atoms in total. The van der Waals surface area contributed by atoms with Gasteiger partial charge < -0.3 is 4.57 Å². The number of aryl methyl sites for hydroxylation is 2. The number of sulfonamides is 1. The molecule has 7 heteroatoms. The molecule has 130 valence electrons. The Kier molecular flexibility index (Phi) is 4.69. The quantitative estimate of drug-likeness (QED) is 0.761. The average Bonchev–Trinajstić information content (AvgIpc) is 2.99. The summed E-state index contributed by atoms with van der Waals surface area (Å²) < 4.78 is 42.8. The molecule has 1 aromatic heterocycles. The number of hydrogen-bond acceptors (Lipinski definition) is 3. The van der Waals surface area contributed by atoms with Gasteiger partial charge in [-0.1, -0.05) is 18.2 Å². The van der Waals surface area contributed by atoms with E-state index in [0.29, 0.717) is 5.56 Å². The van der Waals surface area contributed by atoms with Crippen LogP contribution in [0.3, 0.4) is 0 Å². The SMILES string of the molecule is Cc1cc(F)ccc1S(=O)(=O)NCc1ccccc1-n1ccnc1C. The zero-order valence-corrected chi connectivity index (χ0v) is 14.7. The maximum absolute atomic E-state index is 13.2. The van der Waals surface area contributed by atoms with Crippen LogP contribution in [0.15, 0.2) is 59.8 Å². The number of para-hydroxylation sites is 1. The van der Waals surface area contributed by atoms with Crippen molar-refractivity contribution < 1.29 is 12.8 Å². The molecule has 0 saturated heterocycles. The number of aromatic nitrogens is 2. The number of nitrogens with zero attached hydrogens (tertiary/aromatic N) is 2. The molecule has 1 N–H and O–H groups in total. The maximum Gasteiger partial charge on any atom is 0.241 e. The van der Waals surface area contributed by atoms with Crippen molar-refractivity contribution in [2.75, 3.05) is 0 Å². The van der Waals surface area contributed by atoms with E-state index in [1.807, 2.05) is 42.0 Å². The van der Waals surface area contributed by atoms with Gasteiger partial charge in [-0.2, -0.15) is 0 Å². The molecule has 0 amide bonds. The highest BCUT2D eigenvalue weighted by molar-refractivity contribution is 7.89. The predicted molar refractivity (Wildman–Crippen MR) is 93.5 cm³/mol. The van der Waals surface area contributed by atoms with Gasteiger partial charge in [0.2, 0.25) is 10.0 Å². The van der Waals surface area contributed by atoms with Crippen LogP contribution < -0.4 is 4.72 Å². The van der Waals surface area contributed by atoms with E-state index in [-0.39, 0.29) is 11.4 Å². The summed E-state index contributed by atoms with van der Waals surface area (Å²) in [6.07, 6.45) is 3.52. The molecule has 0 aliphatic carbocycles. The Bertz CT molecular complexity index is 1010. The molecule has 0 spiro atoms. The van der Waals surface area contributed by atoms with Crippen LogP contribution in [0.5, 0.6) is 0 Å². The van der Waals surface area contributed by atoms with Gasteiger partial charge in [0.05, 0.1) is 10.6 Å². The molecule has 0 radical (unpaired) electrons. The minimum absolute atomic E-state index is 0.0743. The van der Waals surface area contributed by atoms with Gasteiger partial charge in [-0.05, 0) is 49.2 Å². The Hall–Kier alpha value is -2.51. The lowest BCUT2D eigenvalue weighted by molar-refractivity contribution is 0.579. The monoisotopic (exact) mass is 359 g/mol. The van der Waals surface area contributed by atoms with Crippen LogP contribution in [0.2, 0.25) is 0 Å². The van der Waals surface area contributed by atoms with Crippen molar-refractivity contribution in [3.05, 3.63) is 77.6 Å². The summed E-state index contributed by atoms with van der Waals surface area (Å²) in [5.41, 5.74) is 2.04. The molecule has 0 aliphatic heterocycles. The van der Waals surface area contributed by atoms with E-state index < -0.39 is 15.8 Å². The lowest BCUT2D eigenvalue weighted by Gasteiger charge is -2.14. The molecule has 3 aromatic rings. The van der Waals surface area contributed by atoms with Crippen LogP contribution in [-0.2, 0) is 16.6 Å². The van der Waals surface area contributed by atoms with Crippen molar-refractivity contribution >= 4 is 10.0 Å². The highest BCUT2D eigenvalue weighted by Gasteiger charge is 2.18. The summed E-state index contributed by atoms with van der Waals surface area (Å²) in [7, 11) is -3.74. The molecule has 0 unspecified atom stereocenters. The second kappa shape index (κ2) is 6.78. The first-order valence-corrected chi connectivity index (χ1v) is 9.21. The molecule has 0 saturated carbocycles. The highest BCUT2D eigenvalue weighted by atomic mass is 32.2. The summed E-state index contributed by atoms with van der Waals surface area (Å²) in [5, 5.41) is 0. The number of hydrogen-bond donors (Lipinski definition) is 1. The molecule has 0 atom stereocenters. The fourth-order valence-electron chi connectivity index (χ4n) is 2.69. The summed E-state index contributed by atoms with van der Waals surface area (Å²) in [4.78, 5) is 4.27. The Labute approximate surface area is 146 Å². The van der Waals surface area contributed by atoms with Crippen LogP contribution in [0.4, 0.5) is 4.39 Å². The number of imidazole rings is 1. The van der Waals surface area contributed by atoms with Crippen LogP contribution in [0, 0.1) is 19.7 Å². The minimum Gasteiger partial charge on any atom is -0.304 e. The zero-order chi connectivity index (χ0) is 18.0. The molecule has 3 rings (SSSR count). The molecular formula is C18H18FN3O2S. The average molecular weight is 359 g/mol. The van der Waals surface area contributed by atoms with Gasteiger partial charge in [-0.15, -0.1) is 0 Å². The fourth-order valence-corrected chi connectivity index (χ4v) is 3.92. The van der Waals surface area contributed by atoms with Gasteiger partial charge in [0, 0.05) is 18.9 Å². The fraction of sp³-hybridized carbons (Fsp3) is 0.167. The lowest BCUT2D eigenvalue weighted by atomic mass is 10.2. The molecular weight excluding hydrogens is 341 g/mol. The first-order valence-electron chi connectivity index (χ1n) is 7.72. The second-order valence-corrected chi connectivity index (χ2v) is 7.44. The van der Waals surface area contributed by atoms with Crippen molar-refractivity contribution in [1.29, 1.82) is 0 Å².